The van der Waals surface area contributed by atoms with E-state index in [-0.39, 0.29) is 27.1 Å². The molecule has 0 aliphatic heterocycles. The van der Waals surface area contributed by atoms with E-state index in [1.807, 2.05) is 0 Å². The summed E-state index contributed by atoms with van der Waals surface area (Å²) in [6.07, 6.45) is 2.56. The summed E-state index contributed by atoms with van der Waals surface area (Å²) in [4.78, 5) is 29.2. The predicted molar refractivity (Wildman–Crippen MR) is 70.0 cm³/mol. The van der Waals surface area contributed by atoms with Crippen molar-refractivity contribution in [1.29, 1.82) is 0 Å². The molecule has 0 bridgehead atoms. The number of hydrogen-bond donors (Lipinski definition) is 3. The minimum Gasteiger partial charge on any atom is -0.478 e. The number of carboxylic acid groups (broad SMARTS) is 1. The summed E-state index contributed by atoms with van der Waals surface area (Å²) >= 11 is 11.4. The fourth-order valence-corrected chi connectivity index (χ4v) is 1.71. The van der Waals surface area contributed by atoms with E-state index >= 15 is 0 Å². The van der Waals surface area contributed by atoms with Crippen LogP contribution in [0.15, 0.2) is 24.5 Å². The summed E-state index contributed by atoms with van der Waals surface area (Å²) < 4.78 is 0. The number of aromatic carboxylic acids is 1. The number of aromatic amines is 1. The van der Waals surface area contributed by atoms with E-state index in [1.165, 1.54) is 24.5 Å². The Balaban J connectivity index is 2.26. The Morgan fingerprint density at radius 3 is 2.68 bits per heavy atom. The van der Waals surface area contributed by atoms with E-state index in [0.29, 0.717) is 0 Å². The minimum absolute atomic E-state index is 0.0629. The van der Waals surface area contributed by atoms with Crippen molar-refractivity contribution in [3.63, 3.8) is 0 Å². The lowest BCUT2D eigenvalue weighted by molar-refractivity contribution is 0.0698. The average molecular weight is 300 g/mol. The van der Waals surface area contributed by atoms with Gasteiger partial charge in [-0.05, 0) is 12.1 Å². The molecule has 0 fully saturated rings. The van der Waals surface area contributed by atoms with Gasteiger partial charge in [-0.15, -0.1) is 0 Å². The van der Waals surface area contributed by atoms with Crippen LogP contribution in [0.25, 0.3) is 0 Å². The zero-order valence-corrected chi connectivity index (χ0v) is 10.8. The molecule has 1 amide bonds. The zero-order valence-electron chi connectivity index (χ0n) is 9.28. The Kier molecular flexibility index (Phi) is 3.73. The van der Waals surface area contributed by atoms with E-state index in [4.69, 9.17) is 28.3 Å². The Morgan fingerprint density at radius 1 is 1.37 bits per heavy atom. The van der Waals surface area contributed by atoms with E-state index in [0.717, 1.165) is 0 Å². The van der Waals surface area contributed by atoms with Gasteiger partial charge in [-0.2, -0.15) is 0 Å². The standard InChI is InChI=1S/C11H7Cl2N3O3/c12-6-3-7(15-9(6)13)10(17)16-8-4-14-2-1-5(8)11(18)19/h1-4,15H,(H,16,17)(H,18,19). The maximum absolute atomic E-state index is 11.9. The SMILES string of the molecule is O=C(Nc1cnccc1C(=O)O)c1cc(Cl)c(Cl)[nH]1. The van der Waals surface area contributed by atoms with E-state index in [9.17, 15) is 9.59 Å². The summed E-state index contributed by atoms with van der Waals surface area (Å²) in [6, 6.07) is 2.63. The van der Waals surface area contributed by atoms with Gasteiger partial charge in [-0.25, -0.2) is 4.79 Å². The molecule has 0 saturated carbocycles. The molecule has 0 unspecified atom stereocenters. The first-order valence-corrected chi connectivity index (χ1v) is 5.77. The quantitative estimate of drug-likeness (QED) is 0.812. The third-order valence-electron chi connectivity index (χ3n) is 2.27. The summed E-state index contributed by atoms with van der Waals surface area (Å²) in [5.41, 5.74) is 0.143. The molecule has 0 aromatic carbocycles. The zero-order chi connectivity index (χ0) is 14.0. The maximum Gasteiger partial charge on any atom is 0.337 e. The molecule has 19 heavy (non-hydrogen) atoms. The van der Waals surface area contributed by atoms with Crippen LogP contribution in [0.3, 0.4) is 0 Å². The van der Waals surface area contributed by atoms with Crippen molar-refractivity contribution >= 4 is 40.8 Å². The molecule has 0 aliphatic rings. The normalized spacial score (nSPS) is 10.2. The van der Waals surface area contributed by atoms with Gasteiger partial charge in [0, 0.05) is 6.20 Å². The molecule has 0 radical (unpaired) electrons. The first-order chi connectivity index (χ1) is 8.99. The van der Waals surface area contributed by atoms with Crippen LogP contribution in [-0.2, 0) is 0 Å². The third kappa shape index (κ3) is 2.86. The number of anilines is 1. The van der Waals surface area contributed by atoms with Gasteiger partial charge < -0.3 is 15.4 Å². The van der Waals surface area contributed by atoms with Gasteiger partial charge >= 0.3 is 5.97 Å². The van der Waals surface area contributed by atoms with Gasteiger partial charge in [0.25, 0.3) is 5.91 Å². The monoisotopic (exact) mass is 299 g/mol. The highest BCUT2D eigenvalue weighted by atomic mass is 35.5. The van der Waals surface area contributed by atoms with Crippen LogP contribution in [0.1, 0.15) is 20.8 Å². The van der Waals surface area contributed by atoms with Crippen LogP contribution in [0.2, 0.25) is 10.2 Å². The van der Waals surface area contributed by atoms with E-state index in [1.54, 1.807) is 0 Å². The molecule has 98 valence electrons. The Bertz CT molecular complexity index is 635. The third-order valence-corrected chi connectivity index (χ3v) is 2.96. The molecule has 2 rings (SSSR count). The summed E-state index contributed by atoms with van der Waals surface area (Å²) in [5, 5.41) is 11.7. The Labute approximate surface area is 117 Å². The number of carbonyl (C=O) groups is 2. The lowest BCUT2D eigenvalue weighted by Gasteiger charge is -2.06. The molecular formula is C11H7Cl2N3O3. The van der Waals surface area contributed by atoms with Gasteiger partial charge in [0.05, 0.1) is 22.5 Å². The Hall–Kier alpha value is -2.05. The second-order valence-electron chi connectivity index (χ2n) is 3.53. The first-order valence-electron chi connectivity index (χ1n) is 5.01. The molecule has 0 saturated heterocycles. The lowest BCUT2D eigenvalue weighted by atomic mass is 10.2. The molecule has 0 spiro atoms. The minimum atomic E-state index is -1.17. The molecular weight excluding hydrogens is 293 g/mol. The van der Waals surface area contributed by atoms with Crippen LogP contribution in [0.5, 0.6) is 0 Å². The molecule has 3 N–H and O–H groups in total. The number of carbonyl (C=O) groups excluding carboxylic acids is 1. The van der Waals surface area contributed by atoms with Crippen molar-refractivity contribution in [2.75, 3.05) is 5.32 Å². The van der Waals surface area contributed by atoms with E-state index < -0.39 is 11.9 Å². The van der Waals surface area contributed by atoms with Gasteiger partial charge in [0.1, 0.15) is 10.8 Å². The highest BCUT2D eigenvalue weighted by Crippen LogP contribution is 2.23. The fraction of sp³-hybridized carbons (Fsp3) is 0. The molecule has 2 aromatic heterocycles. The van der Waals surface area contributed by atoms with Crippen molar-refractivity contribution in [2.24, 2.45) is 0 Å². The number of hydrogen-bond acceptors (Lipinski definition) is 3. The number of nitrogens with one attached hydrogen (secondary N) is 2. The topological polar surface area (TPSA) is 95.1 Å². The molecule has 0 atom stereocenters. The summed E-state index contributed by atoms with van der Waals surface area (Å²) in [5.74, 6) is -1.73. The van der Waals surface area contributed by atoms with Crippen LogP contribution in [-0.4, -0.2) is 27.0 Å². The number of pyridine rings is 1. The number of nitrogens with zero attached hydrogens (tertiary/aromatic N) is 1. The number of amides is 1. The maximum atomic E-state index is 11.9. The van der Waals surface area contributed by atoms with Gasteiger partial charge in [0.15, 0.2) is 0 Å². The fourth-order valence-electron chi connectivity index (χ4n) is 1.40. The summed E-state index contributed by atoms with van der Waals surface area (Å²) in [7, 11) is 0. The van der Waals surface area contributed by atoms with Gasteiger partial charge in [-0.1, -0.05) is 23.2 Å². The Morgan fingerprint density at radius 2 is 2.11 bits per heavy atom. The summed E-state index contributed by atoms with van der Waals surface area (Å²) in [6.45, 7) is 0. The van der Waals surface area contributed by atoms with Crippen LogP contribution < -0.4 is 5.32 Å². The van der Waals surface area contributed by atoms with Gasteiger partial charge in [0.2, 0.25) is 0 Å². The first kappa shape index (κ1) is 13.4. The largest absolute Gasteiger partial charge is 0.478 e. The number of carboxylic acids is 1. The van der Waals surface area contributed by atoms with Crippen molar-refractivity contribution in [3.05, 3.63) is 46.0 Å². The molecule has 8 heteroatoms. The van der Waals surface area contributed by atoms with Crippen molar-refractivity contribution in [1.82, 2.24) is 9.97 Å². The number of aromatic nitrogens is 2. The second-order valence-corrected chi connectivity index (χ2v) is 4.31. The second kappa shape index (κ2) is 5.29. The van der Waals surface area contributed by atoms with Crippen molar-refractivity contribution in [3.8, 4) is 0 Å². The van der Waals surface area contributed by atoms with Crippen LogP contribution in [0, 0.1) is 0 Å². The molecule has 6 nitrogen and oxygen atoms in total. The van der Waals surface area contributed by atoms with Crippen LogP contribution >= 0.6 is 23.2 Å². The highest BCUT2D eigenvalue weighted by Gasteiger charge is 2.15. The lowest BCUT2D eigenvalue weighted by Crippen LogP contribution is -2.15. The number of halogens is 2. The number of rotatable bonds is 3. The molecule has 2 heterocycles. The van der Waals surface area contributed by atoms with Crippen molar-refractivity contribution < 1.29 is 14.7 Å². The molecule has 0 aliphatic carbocycles. The highest BCUT2D eigenvalue weighted by molar-refractivity contribution is 6.41. The smallest absolute Gasteiger partial charge is 0.337 e. The average Bonchev–Trinajstić information content (AvgIpc) is 2.70. The predicted octanol–water partition coefficient (Wildman–Crippen LogP) is 2.67. The van der Waals surface area contributed by atoms with Gasteiger partial charge in [-0.3, -0.25) is 9.78 Å². The van der Waals surface area contributed by atoms with E-state index in [2.05, 4.69) is 15.3 Å². The van der Waals surface area contributed by atoms with Crippen molar-refractivity contribution in [2.45, 2.75) is 0 Å². The molecule has 2 aromatic rings. The number of H-pyrrole nitrogens is 1. The van der Waals surface area contributed by atoms with Crippen LogP contribution in [0.4, 0.5) is 5.69 Å².